The first-order chi connectivity index (χ1) is 9.02. The fourth-order valence-electron chi connectivity index (χ4n) is 2.45. The van der Waals surface area contributed by atoms with Crippen molar-refractivity contribution in [2.24, 2.45) is 11.1 Å². The van der Waals surface area contributed by atoms with E-state index in [4.69, 9.17) is 5.73 Å². The number of benzene rings is 1. The molecule has 1 aromatic heterocycles. The van der Waals surface area contributed by atoms with E-state index in [-0.39, 0.29) is 5.41 Å². The maximum Gasteiger partial charge on any atom is 0.0346 e. The number of hydrogen-bond acceptors (Lipinski definition) is 3. The first kappa shape index (κ1) is 14.0. The molecule has 3 heteroatoms. The molecule has 102 valence electrons. The molecule has 0 aliphatic heterocycles. The highest BCUT2D eigenvalue weighted by Crippen LogP contribution is 2.20. The molecule has 0 atom stereocenters. The molecular formula is C16H23N3. The smallest absolute Gasteiger partial charge is 0.0346 e. The zero-order chi connectivity index (χ0) is 13.9. The number of nitrogens with two attached hydrogens (primary N) is 1. The normalized spacial score (nSPS) is 12.3. The van der Waals surface area contributed by atoms with Gasteiger partial charge in [-0.2, -0.15) is 0 Å². The van der Waals surface area contributed by atoms with E-state index in [1.165, 1.54) is 16.3 Å². The van der Waals surface area contributed by atoms with Crippen molar-refractivity contribution in [3.8, 4) is 0 Å². The summed E-state index contributed by atoms with van der Waals surface area (Å²) in [4.78, 5) is 6.65. The number of nitrogens with zero attached hydrogens (tertiary/aromatic N) is 2. The zero-order valence-electron chi connectivity index (χ0n) is 12.1. The third kappa shape index (κ3) is 3.52. The molecular weight excluding hydrogens is 234 g/mol. The Bertz CT molecular complexity index is 543. The lowest BCUT2D eigenvalue weighted by atomic mass is 9.93. The van der Waals surface area contributed by atoms with Crippen LogP contribution >= 0.6 is 0 Å². The Morgan fingerprint density at radius 2 is 1.95 bits per heavy atom. The summed E-state index contributed by atoms with van der Waals surface area (Å²) >= 11 is 0. The highest BCUT2D eigenvalue weighted by molar-refractivity contribution is 5.84. The molecule has 0 aliphatic rings. The molecule has 0 bridgehead atoms. The topological polar surface area (TPSA) is 42.2 Å². The number of aromatic nitrogens is 1. The van der Waals surface area contributed by atoms with E-state index in [2.05, 4.69) is 55.0 Å². The van der Waals surface area contributed by atoms with Gasteiger partial charge in [0.2, 0.25) is 0 Å². The molecule has 0 aliphatic carbocycles. The lowest BCUT2D eigenvalue weighted by molar-refractivity contribution is 0.210. The Morgan fingerprint density at radius 3 is 2.68 bits per heavy atom. The van der Waals surface area contributed by atoms with Crippen LogP contribution in [0, 0.1) is 5.41 Å². The SMILES string of the molecule is CN(Cc1cncc2ccccc12)CC(C)(C)CN. The standard InChI is InChI=1S/C16H23N3/c1-16(2,11-17)12-19(3)10-14-9-18-8-13-6-4-5-7-15(13)14/h4-9H,10-12,17H2,1-3H3. The van der Waals surface area contributed by atoms with Crippen molar-refractivity contribution in [1.29, 1.82) is 0 Å². The highest BCUT2D eigenvalue weighted by atomic mass is 15.1. The average molecular weight is 257 g/mol. The van der Waals surface area contributed by atoms with Crippen molar-refractivity contribution in [2.45, 2.75) is 20.4 Å². The van der Waals surface area contributed by atoms with Crippen LogP contribution in [0.25, 0.3) is 10.8 Å². The van der Waals surface area contributed by atoms with Crippen LogP contribution in [0.4, 0.5) is 0 Å². The van der Waals surface area contributed by atoms with Crippen LogP contribution in [-0.2, 0) is 6.54 Å². The van der Waals surface area contributed by atoms with E-state index in [0.29, 0.717) is 6.54 Å². The third-order valence-electron chi connectivity index (χ3n) is 3.44. The Kier molecular flexibility index (Phi) is 4.17. The summed E-state index contributed by atoms with van der Waals surface area (Å²) < 4.78 is 0. The second-order valence-electron chi connectivity index (χ2n) is 6.06. The monoisotopic (exact) mass is 257 g/mol. The molecule has 2 N–H and O–H groups in total. The van der Waals surface area contributed by atoms with Gasteiger partial charge >= 0.3 is 0 Å². The second-order valence-corrected chi connectivity index (χ2v) is 6.06. The van der Waals surface area contributed by atoms with E-state index in [9.17, 15) is 0 Å². The molecule has 1 aromatic carbocycles. The van der Waals surface area contributed by atoms with Crippen molar-refractivity contribution < 1.29 is 0 Å². The predicted octanol–water partition coefficient (Wildman–Crippen LogP) is 2.65. The van der Waals surface area contributed by atoms with Crippen LogP contribution in [0.15, 0.2) is 36.7 Å². The van der Waals surface area contributed by atoms with E-state index in [1.54, 1.807) is 0 Å². The first-order valence-corrected chi connectivity index (χ1v) is 6.72. The number of hydrogen-bond donors (Lipinski definition) is 1. The molecule has 2 aromatic rings. The van der Waals surface area contributed by atoms with Gasteiger partial charge in [-0.25, -0.2) is 0 Å². The summed E-state index contributed by atoms with van der Waals surface area (Å²) in [6.45, 7) is 6.98. The minimum absolute atomic E-state index is 0.146. The molecule has 3 nitrogen and oxygen atoms in total. The van der Waals surface area contributed by atoms with Crippen molar-refractivity contribution in [3.63, 3.8) is 0 Å². The third-order valence-corrected chi connectivity index (χ3v) is 3.44. The van der Waals surface area contributed by atoms with Gasteiger partial charge in [0.25, 0.3) is 0 Å². The van der Waals surface area contributed by atoms with Crippen LogP contribution in [0.2, 0.25) is 0 Å². The zero-order valence-corrected chi connectivity index (χ0v) is 12.1. The van der Waals surface area contributed by atoms with E-state index in [0.717, 1.165) is 13.1 Å². The van der Waals surface area contributed by atoms with Gasteiger partial charge < -0.3 is 10.6 Å². The summed E-state index contributed by atoms with van der Waals surface area (Å²) in [5, 5.41) is 2.49. The molecule has 0 amide bonds. The lowest BCUT2D eigenvalue weighted by Crippen LogP contribution is -2.36. The minimum Gasteiger partial charge on any atom is -0.330 e. The fourth-order valence-corrected chi connectivity index (χ4v) is 2.45. The molecule has 0 radical (unpaired) electrons. The largest absolute Gasteiger partial charge is 0.330 e. The average Bonchev–Trinajstić information content (AvgIpc) is 2.38. The van der Waals surface area contributed by atoms with Gasteiger partial charge in [-0.3, -0.25) is 4.98 Å². The maximum absolute atomic E-state index is 5.80. The van der Waals surface area contributed by atoms with Crippen LogP contribution in [0.1, 0.15) is 19.4 Å². The molecule has 0 saturated carbocycles. The van der Waals surface area contributed by atoms with Gasteiger partial charge in [0.05, 0.1) is 0 Å². The Labute approximate surface area is 115 Å². The number of rotatable bonds is 5. The van der Waals surface area contributed by atoms with E-state index >= 15 is 0 Å². The molecule has 0 spiro atoms. The van der Waals surface area contributed by atoms with Gasteiger partial charge in [-0.05, 0) is 30.0 Å². The molecule has 2 rings (SSSR count). The Balaban J connectivity index is 2.17. The van der Waals surface area contributed by atoms with Gasteiger partial charge in [0.15, 0.2) is 0 Å². The van der Waals surface area contributed by atoms with Gasteiger partial charge in [-0.1, -0.05) is 38.1 Å². The van der Waals surface area contributed by atoms with Crippen LogP contribution in [0.5, 0.6) is 0 Å². The van der Waals surface area contributed by atoms with Gasteiger partial charge in [0, 0.05) is 30.9 Å². The van der Waals surface area contributed by atoms with Crippen LogP contribution in [0.3, 0.4) is 0 Å². The first-order valence-electron chi connectivity index (χ1n) is 6.72. The summed E-state index contributed by atoms with van der Waals surface area (Å²) in [5.74, 6) is 0. The second kappa shape index (κ2) is 5.68. The Hall–Kier alpha value is -1.45. The van der Waals surface area contributed by atoms with Gasteiger partial charge in [-0.15, -0.1) is 0 Å². The molecule has 0 unspecified atom stereocenters. The molecule has 0 fully saturated rings. The van der Waals surface area contributed by atoms with Crippen LogP contribution in [-0.4, -0.2) is 30.0 Å². The highest BCUT2D eigenvalue weighted by Gasteiger charge is 2.18. The van der Waals surface area contributed by atoms with Crippen LogP contribution < -0.4 is 5.73 Å². The lowest BCUT2D eigenvalue weighted by Gasteiger charge is -2.29. The molecule has 19 heavy (non-hydrogen) atoms. The van der Waals surface area contributed by atoms with E-state index < -0.39 is 0 Å². The van der Waals surface area contributed by atoms with Crippen molar-refractivity contribution in [3.05, 3.63) is 42.2 Å². The summed E-state index contributed by atoms with van der Waals surface area (Å²) in [5.41, 5.74) is 7.22. The predicted molar refractivity (Wildman–Crippen MR) is 80.9 cm³/mol. The summed E-state index contributed by atoms with van der Waals surface area (Å²) in [7, 11) is 2.14. The fraction of sp³-hybridized carbons (Fsp3) is 0.438. The summed E-state index contributed by atoms with van der Waals surface area (Å²) in [6, 6.07) is 8.40. The summed E-state index contributed by atoms with van der Waals surface area (Å²) in [6.07, 6.45) is 3.89. The number of fused-ring (bicyclic) bond motifs is 1. The van der Waals surface area contributed by atoms with Crippen molar-refractivity contribution in [1.82, 2.24) is 9.88 Å². The van der Waals surface area contributed by atoms with Crippen molar-refractivity contribution >= 4 is 10.8 Å². The van der Waals surface area contributed by atoms with Crippen molar-refractivity contribution in [2.75, 3.05) is 20.1 Å². The molecule has 1 heterocycles. The maximum atomic E-state index is 5.80. The Morgan fingerprint density at radius 1 is 1.21 bits per heavy atom. The quantitative estimate of drug-likeness (QED) is 0.895. The minimum atomic E-state index is 0.146. The van der Waals surface area contributed by atoms with Gasteiger partial charge in [0.1, 0.15) is 0 Å². The molecule has 0 saturated heterocycles. The van der Waals surface area contributed by atoms with E-state index in [1.807, 2.05) is 12.4 Å². The number of pyridine rings is 1.